The highest BCUT2D eigenvalue weighted by atomic mass is 16.3. The highest BCUT2D eigenvalue weighted by Gasteiger charge is 2.28. The van der Waals surface area contributed by atoms with E-state index in [2.05, 4.69) is 13.8 Å². The molecular formula is C12H23NO2. The normalized spacial score (nSPS) is 18.7. The van der Waals surface area contributed by atoms with Crippen LogP contribution >= 0.6 is 0 Å². The van der Waals surface area contributed by atoms with Crippen LogP contribution in [0.4, 0.5) is 0 Å². The smallest absolute Gasteiger partial charge is 0.223 e. The van der Waals surface area contributed by atoms with Gasteiger partial charge in [-0.05, 0) is 5.92 Å². The van der Waals surface area contributed by atoms with Gasteiger partial charge in [0.25, 0.3) is 0 Å². The highest BCUT2D eigenvalue weighted by molar-refractivity contribution is 5.77. The number of amides is 1. The van der Waals surface area contributed by atoms with Crippen LogP contribution in [0.25, 0.3) is 0 Å². The van der Waals surface area contributed by atoms with Crippen molar-refractivity contribution >= 4 is 5.91 Å². The Balaban J connectivity index is 2.09. The molecule has 0 spiro atoms. The average Bonchev–Trinajstić information content (AvgIpc) is 2.13. The average molecular weight is 213 g/mol. The van der Waals surface area contributed by atoms with Crippen LogP contribution in [0, 0.1) is 5.92 Å². The Morgan fingerprint density at radius 2 is 2.13 bits per heavy atom. The van der Waals surface area contributed by atoms with Crippen LogP contribution in [0.15, 0.2) is 0 Å². The van der Waals surface area contributed by atoms with Crippen molar-refractivity contribution in [1.29, 1.82) is 0 Å². The van der Waals surface area contributed by atoms with Gasteiger partial charge >= 0.3 is 0 Å². The molecule has 1 rings (SSSR count). The summed E-state index contributed by atoms with van der Waals surface area (Å²) >= 11 is 0. The van der Waals surface area contributed by atoms with E-state index in [1.807, 2.05) is 0 Å². The lowest BCUT2D eigenvalue weighted by molar-refractivity contribution is -0.142. The van der Waals surface area contributed by atoms with Gasteiger partial charge < -0.3 is 10.0 Å². The molecule has 0 radical (unpaired) electrons. The monoisotopic (exact) mass is 213 g/mol. The number of carbonyl (C=O) groups excluding carboxylic acids is 1. The van der Waals surface area contributed by atoms with Crippen molar-refractivity contribution in [2.75, 3.05) is 13.1 Å². The fourth-order valence-electron chi connectivity index (χ4n) is 1.93. The first-order valence-electron chi connectivity index (χ1n) is 6.09. The van der Waals surface area contributed by atoms with E-state index in [-0.39, 0.29) is 12.0 Å². The second-order valence-electron chi connectivity index (χ2n) is 4.76. The number of carbonyl (C=O) groups is 1. The van der Waals surface area contributed by atoms with Crippen molar-refractivity contribution in [1.82, 2.24) is 4.90 Å². The van der Waals surface area contributed by atoms with Crippen molar-refractivity contribution in [2.24, 2.45) is 5.92 Å². The lowest BCUT2D eigenvalue weighted by atomic mass is 9.98. The number of aliphatic hydroxyl groups is 1. The van der Waals surface area contributed by atoms with E-state index < -0.39 is 0 Å². The maximum Gasteiger partial charge on any atom is 0.223 e. The van der Waals surface area contributed by atoms with E-state index in [0.717, 1.165) is 6.42 Å². The van der Waals surface area contributed by atoms with Gasteiger partial charge in [-0.15, -0.1) is 0 Å². The molecule has 3 heteroatoms. The van der Waals surface area contributed by atoms with E-state index in [1.165, 1.54) is 19.3 Å². The summed E-state index contributed by atoms with van der Waals surface area (Å²) in [6.45, 7) is 5.42. The predicted molar refractivity (Wildman–Crippen MR) is 60.5 cm³/mol. The van der Waals surface area contributed by atoms with Crippen LogP contribution in [0.2, 0.25) is 0 Å². The molecule has 0 saturated carbocycles. The van der Waals surface area contributed by atoms with Gasteiger partial charge in [-0.3, -0.25) is 4.79 Å². The van der Waals surface area contributed by atoms with Gasteiger partial charge in [0.1, 0.15) is 0 Å². The minimum Gasteiger partial charge on any atom is -0.389 e. The minimum absolute atomic E-state index is 0.212. The summed E-state index contributed by atoms with van der Waals surface area (Å²) in [5, 5.41) is 9.08. The van der Waals surface area contributed by atoms with E-state index in [9.17, 15) is 4.79 Å². The summed E-state index contributed by atoms with van der Waals surface area (Å²) in [4.78, 5) is 13.4. The summed E-state index contributed by atoms with van der Waals surface area (Å²) in [5.41, 5.74) is 0. The van der Waals surface area contributed by atoms with E-state index in [1.54, 1.807) is 4.90 Å². The molecule has 0 aromatic heterocycles. The van der Waals surface area contributed by atoms with Crippen molar-refractivity contribution in [3.63, 3.8) is 0 Å². The summed E-state index contributed by atoms with van der Waals surface area (Å²) < 4.78 is 0. The molecular weight excluding hydrogens is 190 g/mol. The number of rotatable bonds is 6. The molecule has 1 unspecified atom stereocenters. The Labute approximate surface area is 92.5 Å². The lowest BCUT2D eigenvalue weighted by Gasteiger charge is -2.36. The SMILES string of the molecule is CCCCCC(C)CC(=O)N1CC(O)C1. The quantitative estimate of drug-likeness (QED) is 0.683. The van der Waals surface area contributed by atoms with E-state index in [4.69, 9.17) is 5.11 Å². The van der Waals surface area contributed by atoms with Crippen LogP contribution in [-0.4, -0.2) is 35.1 Å². The van der Waals surface area contributed by atoms with Gasteiger partial charge in [0.2, 0.25) is 5.91 Å². The Morgan fingerprint density at radius 1 is 1.47 bits per heavy atom. The molecule has 1 heterocycles. The zero-order valence-corrected chi connectivity index (χ0v) is 9.91. The first-order chi connectivity index (χ1) is 7.13. The number of aliphatic hydroxyl groups excluding tert-OH is 1. The predicted octanol–water partition coefficient (Wildman–Crippen LogP) is 1.80. The fourth-order valence-corrected chi connectivity index (χ4v) is 1.93. The van der Waals surface area contributed by atoms with Crippen molar-refractivity contribution in [2.45, 2.75) is 52.1 Å². The molecule has 1 atom stereocenters. The number of β-amino-alcohol motifs (C(OH)–C–C–N with tert-alkyl or cyclic N) is 1. The summed E-state index contributed by atoms with van der Waals surface area (Å²) in [5.74, 6) is 0.700. The standard InChI is InChI=1S/C12H23NO2/c1-3-4-5-6-10(2)7-12(15)13-8-11(14)9-13/h10-11,14H,3-9H2,1-2H3. The topological polar surface area (TPSA) is 40.5 Å². The van der Waals surface area contributed by atoms with Crippen molar-refractivity contribution in [3.05, 3.63) is 0 Å². The van der Waals surface area contributed by atoms with E-state index >= 15 is 0 Å². The van der Waals surface area contributed by atoms with Gasteiger partial charge in [0.05, 0.1) is 6.10 Å². The fraction of sp³-hybridized carbons (Fsp3) is 0.917. The summed E-state index contributed by atoms with van der Waals surface area (Å²) in [6.07, 6.45) is 5.25. The maximum atomic E-state index is 11.6. The molecule has 0 aromatic carbocycles. The second-order valence-corrected chi connectivity index (χ2v) is 4.76. The molecule has 88 valence electrons. The third-order valence-corrected chi connectivity index (χ3v) is 3.04. The molecule has 1 fully saturated rings. The first-order valence-corrected chi connectivity index (χ1v) is 6.09. The lowest BCUT2D eigenvalue weighted by Crippen LogP contribution is -2.53. The molecule has 15 heavy (non-hydrogen) atoms. The number of hydrogen-bond donors (Lipinski definition) is 1. The van der Waals surface area contributed by atoms with Crippen LogP contribution in [0.3, 0.4) is 0 Å². The van der Waals surface area contributed by atoms with Gasteiger partial charge in [-0.25, -0.2) is 0 Å². The van der Waals surface area contributed by atoms with Gasteiger partial charge in [0, 0.05) is 19.5 Å². The number of unbranched alkanes of at least 4 members (excludes halogenated alkanes) is 2. The summed E-state index contributed by atoms with van der Waals surface area (Å²) in [7, 11) is 0. The molecule has 1 N–H and O–H groups in total. The molecule has 1 aliphatic rings. The maximum absolute atomic E-state index is 11.6. The molecule has 1 aliphatic heterocycles. The van der Waals surface area contributed by atoms with Gasteiger partial charge in [-0.1, -0.05) is 39.5 Å². The number of nitrogens with zero attached hydrogens (tertiary/aromatic N) is 1. The Hall–Kier alpha value is -0.570. The number of likely N-dealkylation sites (tertiary alicyclic amines) is 1. The second kappa shape index (κ2) is 6.11. The molecule has 0 aliphatic carbocycles. The summed E-state index contributed by atoms with van der Waals surface area (Å²) in [6, 6.07) is 0. The molecule has 3 nitrogen and oxygen atoms in total. The Bertz CT molecular complexity index is 200. The van der Waals surface area contributed by atoms with Gasteiger partial charge in [0.15, 0.2) is 0 Å². The zero-order valence-electron chi connectivity index (χ0n) is 9.91. The van der Waals surface area contributed by atoms with Crippen LogP contribution in [0.1, 0.15) is 46.0 Å². The van der Waals surface area contributed by atoms with Crippen LogP contribution in [0.5, 0.6) is 0 Å². The third-order valence-electron chi connectivity index (χ3n) is 3.04. The largest absolute Gasteiger partial charge is 0.389 e. The Morgan fingerprint density at radius 3 is 2.67 bits per heavy atom. The molecule has 1 saturated heterocycles. The Kier molecular flexibility index (Phi) is 5.09. The highest BCUT2D eigenvalue weighted by Crippen LogP contribution is 2.17. The molecule has 0 aromatic rings. The molecule has 1 amide bonds. The third kappa shape index (κ3) is 4.20. The van der Waals surface area contributed by atoms with Gasteiger partial charge in [-0.2, -0.15) is 0 Å². The van der Waals surface area contributed by atoms with Crippen molar-refractivity contribution in [3.8, 4) is 0 Å². The number of hydrogen-bond acceptors (Lipinski definition) is 2. The van der Waals surface area contributed by atoms with Crippen LogP contribution < -0.4 is 0 Å². The molecule has 0 bridgehead atoms. The zero-order chi connectivity index (χ0) is 11.3. The van der Waals surface area contributed by atoms with Crippen molar-refractivity contribution < 1.29 is 9.90 Å². The van der Waals surface area contributed by atoms with E-state index in [0.29, 0.717) is 25.4 Å². The first kappa shape index (κ1) is 12.5. The van der Waals surface area contributed by atoms with Crippen LogP contribution in [-0.2, 0) is 4.79 Å². The minimum atomic E-state index is -0.274.